The standard InChI is InChI=1S/C6H4F3NO2/c7-5(8)2-1-10-6(9)4(12)3(2)11/h1,5,12H,(H,10,11). The van der Waals surface area contributed by atoms with Crippen molar-refractivity contribution < 1.29 is 18.3 Å². The molecule has 0 fully saturated rings. The Balaban J connectivity index is 3.37. The van der Waals surface area contributed by atoms with Gasteiger partial charge in [0.15, 0.2) is 0 Å². The molecule has 0 saturated carbocycles. The molecule has 66 valence electrons. The van der Waals surface area contributed by atoms with Crippen LogP contribution < -0.4 is 5.43 Å². The predicted octanol–water partition coefficient (Wildman–Crippen LogP) is 1.16. The van der Waals surface area contributed by atoms with E-state index in [1.165, 1.54) is 0 Å². The van der Waals surface area contributed by atoms with E-state index in [-0.39, 0.29) is 0 Å². The van der Waals surface area contributed by atoms with Crippen LogP contribution in [0.2, 0.25) is 0 Å². The Morgan fingerprint density at radius 1 is 1.50 bits per heavy atom. The molecule has 1 aromatic rings. The summed E-state index contributed by atoms with van der Waals surface area (Å²) in [6.07, 6.45) is -2.50. The van der Waals surface area contributed by atoms with Gasteiger partial charge in [0.1, 0.15) is 0 Å². The van der Waals surface area contributed by atoms with Crippen molar-refractivity contribution in [2.45, 2.75) is 6.43 Å². The van der Waals surface area contributed by atoms with Crippen LogP contribution in [-0.2, 0) is 0 Å². The lowest BCUT2D eigenvalue weighted by atomic mass is 10.3. The molecule has 1 aromatic heterocycles. The van der Waals surface area contributed by atoms with E-state index in [9.17, 15) is 18.0 Å². The first kappa shape index (κ1) is 8.63. The number of H-pyrrole nitrogens is 1. The van der Waals surface area contributed by atoms with Gasteiger partial charge in [-0.2, -0.15) is 4.39 Å². The summed E-state index contributed by atoms with van der Waals surface area (Å²) in [6, 6.07) is 0. The van der Waals surface area contributed by atoms with Crippen LogP contribution >= 0.6 is 0 Å². The van der Waals surface area contributed by atoms with E-state index in [1.54, 1.807) is 4.98 Å². The van der Waals surface area contributed by atoms with E-state index in [4.69, 9.17) is 5.11 Å². The van der Waals surface area contributed by atoms with Crippen LogP contribution in [0.5, 0.6) is 5.75 Å². The highest BCUT2D eigenvalue weighted by molar-refractivity contribution is 5.24. The summed E-state index contributed by atoms with van der Waals surface area (Å²) >= 11 is 0. The second-order valence-corrected chi connectivity index (χ2v) is 2.04. The largest absolute Gasteiger partial charge is 0.501 e. The number of aromatic nitrogens is 1. The predicted molar refractivity (Wildman–Crippen MR) is 33.6 cm³/mol. The van der Waals surface area contributed by atoms with Gasteiger partial charge in [-0.25, -0.2) is 8.78 Å². The summed E-state index contributed by atoms with van der Waals surface area (Å²) in [5.74, 6) is -2.63. The fourth-order valence-electron chi connectivity index (χ4n) is 0.674. The van der Waals surface area contributed by atoms with Crippen LogP contribution in [0.1, 0.15) is 12.0 Å². The highest BCUT2D eigenvalue weighted by Crippen LogP contribution is 2.16. The highest BCUT2D eigenvalue weighted by atomic mass is 19.3. The molecule has 0 atom stereocenters. The molecule has 0 aliphatic carbocycles. The SMILES string of the molecule is O=c1c(C(F)F)c[nH]c(F)c1O. The Morgan fingerprint density at radius 2 is 2.08 bits per heavy atom. The molecule has 0 aliphatic heterocycles. The molecule has 0 bridgehead atoms. The molecular weight excluding hydrogens is 175 g/mol. The Kier molecular flexibility index (Phi) is 2.07. The lowest BCUT2D eigenvalue weighted by Crippen LogP contribution is -2.11. The van der Waals surface area contributed by atoms with E-state index >= 15 is 0 Å². The van der Waals surface area contributed by atoms with Gasteiger partial charge >= 0.3 is 0 Å². The number of aromatic amines is 1. The average molecular weight is 179 g/mol. The molecule has 12 heavy (non-hydrogen) atoms. The molecule has 3 nitrogen and oxygen atoms in total. The first-order valence-corrected chi connectivity index (χ1v) is 2.92. The smallest absolute Gasteiger partial charge is 0.269 e. The Labute approximate surface area is 64.5 Å². The van der Waals surface area contributed by atoms with Crippen LogP contribution in [0.25, 0.3) is 0 Å². The molecule has 0 saturated heterocycles. The van der Waals surface area contributed by atoms with Crippen molar-refractivity contribution in [1.82, 2.24) is 4.98 Å². The van der Waals surface area contributed by atoms with E-state index in [0.29, 0.717) is 6.20 Å². The maximum absolute atomic E-state index is 12.3. The lowest BCUT2D eigenvalue weighted by Gasteiger charge is -1.99. The quantitative estimate of drug-likeness (QED) is 0.635. The summed E-state index contributed by atoms with van der Waals surface area (Å²) < 4.78 is 36.0. The maximum Gasteiger partial charge on any atom is 0.269 e. The lowest BCUT2D eigenvalue weighted by molar-refractivity contribution is 0.149. The minimum Gasteiger partial charge on any atom is -0.501 e. The van der Waals surface area contributed by atoms with Crippen LogP contribution in [0.3, 0.4) is 0 Å². The van der Waals surface area contributed by atoms with Gasteiger partial charge < -0.3 is 10.1 Å². The third-order valence-corrected chi connectivity index (χ3v) is 1.27. The number of rotatable bonds is 1. The van der Waals surface area contributed by atoms with Crippen LogP contribution in [0.4, 0.5) is 13.2 Å². The second kappa shape index (κ2) is 2.88. The van der Waals surface area contributed by atoms with Gasteiger partial charge in [-0.05, 0) is 0 Å². The van der Waals surface area contributed by atoms with Gasteiger partial charge in [0.25, 0.3) is 6.43 Å². The van der Waals surface area contributed by atoms with Gasteiger partial charge in [-0.15, -0.1) is 0 Å². The normalized spacial score (nSPS) is 10.7. The first-order valence-electron chi connectivity index (χ1n) is 2.92. The molecule has 0 spiro atoms. The van der Waals surface area contributed by atoms with E-state index < -0.39 is 29.1 Å². The van der Waals surface area contributed by atoms with Crippen LogP contribution in [0, 0.1) is 5.95 Å². The monoisotopic (exact) mass is 179 g/mol. The molecule has 0 aromatic carbocycles. The van der Waals surface area contributed by atoms with Crippen molar-refractivity contribution in [2.75, 3.05) is 0 Å². The molecule has 0 unspecified atom stereocenters. The van der Waals surface area contributed by atoms with Crippen molar-refractivity contribution in [3.8, 4) is 5.75 Å². The molecule has 1 rings (SSSR count). The van der Waals surface area contributed by atoms with Crippen molar-refractivity contribution in [2.24, 2.45) is 0 Å². The second-order valence-electron chi connectivity index (χ2n) is 2.04. The third kappa shape index (κ3) is 1.27. The van der Waals surface area contributed by atoms with E-state index in [1.807, 2.05) is 0 Å². The molecular formula is C6H4F3NO2. The maximum atomic E-state index is 12.3. The van der Waals surface area contributed by atoms with Gasteiger partial charge in [-0.3, -0.25) is 4.79 Å². The van der Waals surface area contributed by atoms with Crippen molar-refractivity contribution in [3.63, 3.8) is 0 Å². The van der Waals surface area contributed by atoms with E-state index in [0.717, 1.165) is 0 Å². The van der Waals surface area contributed by atoms with Gasteiger partial charge in [-0.1, -0.05) is 0 Å². The molecule has 2 N–H and O–H groups in total. The van der Waals surface area contributed by atoms with Crippen LogP contribution in [-0.4, -0.2) is 10.1 Å². The topological polar surface area (TPSA) is 53.1 Å². The number of hydrogen-bond donors (Lipinski definition) is 2. The summed E-state index contributed by atoms with van der Waals surface area (Å²) in [4.78, 5) is 12.3. The summed E-state index contributed by atoms with van der Waals surface area (Å²) in [6.45, 7) is 0. The summed E-state index contributed by atoms with van der Waals surface area (Å²) in [5.41, 5.74) is -2.34. The number of nitrogens with one attached hydrogen (secondary N) is 1. The van der Waals surface area contributed by atoms with Crippen LogP contribution in [0.15, 0.2) is 11.0 Å². The van der Waals surface area contributed by atoms with E-state index in [2.05, 4.69) is 0 Å². The van der Waals surface area contributed by atoms with Gasteiger partial charge in [0, 0.05) is 6.20 Å². The molecule has 1 heterocycles. The highest BCUT2D eigenvalue weighted by Gasteiger charge is 2.16. The number of hydrogen-bond acceptors (Lipinski definition) is 2. The number of alkyl halides is 2. The van der Waals surface area contributed by atoms with Crippen molar-refractivity contribution in [3.05, 3.63) is 27.9 Å². The average Bonchev–Trinajstić information content (AvgIpc) is 2.00. The van der Waals surface area contributed by atoms with Crippen molar-refractivity contribution >= 4 is 0 Å². The Bertz CT molecular complexity index is 347. The zero-order valence-corrected chi connectivity index (χ0v) is 5.64. The van der Waals surface area contributed by atoms with Crippen molar-refractivity contribution in [1.29, 1.82) is 0 Å². The molecule has 0 radical (unpaired) electrons. The van der Waals surface area contributed by atoms with Gasteiger partial charge in [0.2, 0.25) is 17.1 Å². The molecule has 6 heteroatoms. The fraction of sp³-hybridized carbons (Fsp3) is 0.167. The minimum atomic E-state index is -3.03. The Morgan fingerprint density at radius 3 is 2.58 bits per heavy atom. The first-order chi connectivity index (χ1) is 5.54. The van der Waals surface area contributed by atoms with Gasteiger partial charge in [0.05, 0.1) is 5.56 Å². The third-order valence-electron chi connectivity index (χ3n) is 1.27. The fourth-order valence-corrected chi connectivity index (χ4v) is 0.674. The molecule has 0 aliphatic rings. The molecule has 0 amide bonds. The summed E-state index contributed by atoms with van der Waals surface area (Å²) in [5, 5.41) is 8.58. The zero-order valence-electron chi connectivity index (χ0n) is 5.64. The minimum absolute atomic E-state index is 0.530. The number of halogens is 3. The number of aromatic hydroxyl groups is 1. The Hall–Kier alpha value is -1.46. The number of pyridine rings is 1. The summed E-state index contributed by atoms with van der Waals surface area (Å²) in [7, 11) is 0. The zero-order chi connectivity index (χ0) is 9.30.